The molecule has 0 radical (unpaired) electrons. The molecule has 4 atom stereocenters. The number of rotatable bonds is 17. The number of hydrogen-bond acceptors (Lipinski definition) is 5. The van der Waals surface area contributed by atoms with Crippen molar-refractivity contribution in [2.75, 3.05) is 26.4 Å². The topological polar surface area (TPSA) is 66.0 Å². The summed E-state index contributed by atoms with van der Waals surface area (Å²) in [5.74, 6) is -0.720. The number of unbranched alkanes of at least 4 members (excludes halogenated alkanes) is 6. The minimum absolute atomic E-state index is 0.243. The normalized spacial score (nSPS) is 23.9. The van der Waals surface area contributed by atoms with E-state index >= 15 is 0 Å². The van der Waals surface area contributed by atoms with Crippen molar-refractivity contribution in [1.82, 2.24) is 5.32 Å². The van der Waals surface area contributed by atoms with Crippen LogP contribution in [0.5, 0.6) is 0 Å². The summed E-state index contributed by atoms with van der Waals surface area (Å²) in [5, 5.41) is 2.68. The Morgan fingerprint density at radius 2 is 1.47 bits per heavy atom. The van der Waals surface area contributed by atoms with E-state index < -0.39 is 15.9 Å². The van der Waals surface area contributed by atoms with Gasteiger partial charge in [-0.2, -0.15) is 0 Å². The standard InChI is InChI=1S/C23H42Cl3NO5/c1-4-7-10-13-29-17-19-21(31-15-12-9-6-3)18(30-14-11-8-5-2)16-20(32-19)27-22(28)23(24,25)26/h18-21H,4-17H2,1-3H3,(H,27,28)/t18-,19-,20?,21-/m1/s1. The second kappa shape index (κ2) is 17.6. The van der Waals surface area contributed by atoms with E-state index in [0.29, 0.717) is 32.8 Å². The van der Waals surface area contributed by atoms with Crippen LogP contribution in [0, 0.1) is 0 Å². The molecule has 0 bridgehead atoms. The van der Waals surface area contributed by atoms with Gasteiger partial charge in [-0.25, -0.2) is 0 Å². The molecule has 0 spiro atoms. The smallest absolute Gasteiger partial charge is 0.274 e. The molecule has 1 aliphatic heterocycles. The molecule has 190 valence electrons. The van der Waals surface area contributed by atoms with Gasteiger partial charge >= 0.3 is 0 Å². The van der Waals surface area contributed by atoms with Crippen molar-refractivity contribution in [3.05, 3.63) is 0 Å². The first-order valence-electron chi connectivity index (χ1n) is 12.2. The van der Waals surface area contributed by atoms with Gasteiger partial charge in [0.2, 0.25) is 0 Å². The third-order valence-electron chi connectivity index (χ3n) is 5.38. The third kappa shape index (κ3) is 12.6. The summed E-state index contributed by atoms with van der Waals surface area (Å²) in [7, 11) is 0. The summed E-state index contributed by atoms with van der Waals surface area (Å²) in [6, 6.07) is 0. The number of carbonyl (C=O) groups is 1. The fraction of sp³-hybridized carbons (Fsp3) is 0.957. The van der Waals surface area contributed by atoms with Gasteiger partial charge in [-0.1, -0.05) is 94.1 Å². The Labute approximate surface area is 209 Å². The maximum Gasteiger partial charge on any atom is 0.274 e. The van der Waals surface area contributed by atoms with Gasteiger partial charge in [-0.05, 0) is 19.3 Å². The Morgan fingerprint density at radius 3 is 2.03 bits per heavy atom. The average molecular weight is 519 g/mol. The quantitative estimate of drug-likeness (QED) is 0.190. The fourth-order valence-electron chi connectivity index (χ4n) is 3.57. The van der Waals surface area contributed by atoms with Gasteiger partial charge in [0, 0.05) is 26.2 Å². The highest BCUT2D eigenvalue weighted by atomic mass is 35.6. The monoisotopic (exact) mass is 517 g/mol. The SMILES string of the molecule is CCCCCOC[C@H]1OC(NC(=O)C(Cl)(Cl)Cl)C[C@@H](OCCCCC)[C@H]1OCCCCC. The predicted octanol–water partition coefficient (Wildman–Crippen LogP) is 5.95. The zero-order chi connectivity index (χ0) is 23.8. The van der Waals surface area contributed by atoms with Crippen LogP contribution in [-0.4, -0.2) is 60.7 Å². The van der Waals surface area contributed by atoms with Gasteiger partial charge < -0.3 is 24.3 Å². The van der Waals surface area contributed by atoms with E-state index in [2.05, 4.69) is 26.1 Å². The molecule has 1 saturated heterocycles. The van der Waals surface area contributed by atoms with Crippen molar-refractivity contribution in [3.63, 3.8) is 0 Å². The molecule has 1 unspecified atom stereocenters. The number of halogens is 3. The van der Waals surface area contributed by atoms with Crippen molar-refractivity contribution >= 4 is 40.7 Å². The number of alkyl halides is 3. The van der Waals surface area contributed by atoms with Crippen LogP contribution in [0.3, 0.4) is 0 Å². The fourth-order valence-corrected chi connectivity index (χ4v) is 3.74. The second-order valence-corrected chi connectivity index (χ2v) is 10.6. The van der Waals surface area contributed by atoms with Crippen LogP contribution in [-0.2, 0) is 23.7 Å². The molecular formula is C23H42Cl3NO5. The number of carbonyl (C=O) groups excluding carboxylic acids is 1. The third-order valence-corrected chi connectivity index (χ3v) is 5.90. The Bertz CT molecular complexity index is 493. The van der Waals surface area contributed by atoms with Crippen molar-refractivity contribution in [2.45, 2.75) is 113 Å². The Kier molecular flexibility index (Phi) is 16.6. The van der Waals surface area contributed by atoms with Crippen molar-refractivity contribution in [1.29, 1.82) is 0 Å². The van der Waals surface area contributed by atoms with E-state index in [9.17, 15) is 4.79 Å². The van der Waals surface area contributed by atoms with Gasteiger partial charge in [-0.3, -0.25) is 4.79 Å². The molecule has 1 rings (SSSR count). The van der Waals surface area contributed by atoms with Gasteiger partial charge in [0.1, 0.15) is 18.4 Å². The molecule has 9 heteroatoms. The van der Waals surface area contributed by atoms with Crippen LogP contribution in [0.25, 0.3) is 0 Å². The van der Waals surface area contributed by atoms with E-state index in [1.165, 1.54) is 0 Å². The van der Waals surface area contributed by atoms with E-state index in [-0.39, 0.29) is 18.3 Å². The molecule has 6 nitrogen and oxygen atoms in total. The Morgan fingerprint density at radius 1 is 0.906 bits per heavy atom. The van der Waals surface area contributed by atoms with E-state index in [1.54, 1.807) is 0 Å². The minimum atomic E-state index is -2.06. The first-order chi connectivity index (χ1) is 15.3. The first-order valence-corrected chi connectivity index (χ1v) is 13.3. The summed E-state index contributed by atoms with van der Waals surface area (Å²) in [6.07, 6.45) is 8.51. The van der Waals surface area contributed by atoms with Crippen LogP contribution in [0.4, 0.5) is 0 Å². The molecule has 1 amide bonds. The molecule has 0 aromatic heterocycles. The zero-order valence-electron chi connectivity index (χ0n) is 19.9. The maximum atomic E-state index is 12.2. The van der Waals surface area contributed by atoms with Gasteiger partial charge in [0.25, 0.3) is 9.70 Å². The summed E-state index contributed by atoms with van der Waals surface area (Å²) in [5.41, 5.74) is 0. The van der Waals surface area contributed by atoms with Crippen LogP contribution in [0.2, 0.25) is 0 Å². The van der Waals surface area contributed by atoms with Gasteiger partial charge in [0.05, 0.1) is 12.7 Å². The van der Waals surface area contributed by atoms with Gasteiger partial charge in [0.15, 0.2) is 0 Å². The number of nitrogens with one attached hydrogen (secondary N) is 1. The number of amides is 1. The van der Waals surface area contributed by atoms with Gasteiger partial charge in [-0.15, -0.1) is 0 Å². The molecule has 0 aliphatic carbocycles. The summed E-state index contributed by atoms with van der Waals surface area (Å²) in [4.78, 5) is 12.2. The lowest BCUT2D eigenvalue weighted by Gasteiger charge is -2.42. The average Bonchev–Trinajstić information content (AvgIpc) is 2.74. The highest BCUT2D eigenvalue weighted by Crippen LogP contribution is 2.29. The first kappa shape index (κ1) is 30.2. The Balaban J connectivity index is 2.84. The molecule has 1 aliphatic rings. The van der Waals surface area contributed by atoms with Crippen LogP contribution in [0.15, 0.2) is 0 Å². The summed E-state index contributed by atoms with van der Waals surface area (Å²) >= 11 is 17.2. The lowest BCUT2D eigenvalue weighted by atomic mass is 10.00. The molecule has 0 aromatic carbocycles. The number of hydrogen-bond donors (Lipinski definition) is 1. The van der Waals surface area contributed by atoms with E-state index in [4.69, 9.17) is 53.8 Å². The van der Waals surface area contributed by atoms with Crippen LogP contribution >= 0.6 is 34.8 Å². The zero-order valence-corrected chi connectivity index (χ0v) is 22.2. The largest absolute Gasteiger partial charge is 0.379 e. The van der Waals surface area contributed by atoms with Crippen molar-refractivity contribution in [2.24, 2.45) is 0 Å². The molecule has 0 saturated carbocycles. The highest BCUT2D eigenvalue weighted by Gasteiger charge is 2.42. The molecular weight excluding hydrogens is 477 g/mol. The minimum Gasteiger partial charge on any atom is -0.379 e. The molecule has 1 heterocycles. The highest BCUT2D eigenvalue weighted by molar-refractivity contribution is 6.76. The molecule has 1 N–H and O–H groups in total. The van der Waals surface area contributed by atoms with E-state index in [1.807, 2.05) is 0 Å². The second-order valence-electron chi connectivity index (χ2n) is 8.31. The Hall–Kier alpha value is 0.180. The van der Waals surface area contributed by atoms with Crippen molar-refractivity contribution in [3.8, 4) is 0 Å². The lowest BCUT2D eigenvalue weighted by Crippen LogP contribution is -2.57. The lowest BCUT2D eigenvalue weighted by molar-refractivity contribution is -0.219. The van der Waals surface area contributed by atoms with E-state index in [0.717, 1.165) is 57.8 Å². The molecule has 0 aromatic rings. The van der Waals surface area contributed by atoms with Crippen LogP contribution in [0.1, 0.15) is 85.0 Å². The predicted molar refractivity (Wildman–Crippen MR) is 131 cm³/mol. The molecule has 1 fully saturated rings. The van der Waals surface area contributed by atoms with Crippen molar-refractivity contribution < 1.29 is 23.7 Å². The molecule has 32 heavy (non-hydrogen) atoms. The number of ether oxygens (including phenoxy) is 4. The summed E-state index contributed by atoms with van der Waals surface area (Å²) in [6.45, 7) is 8.75. The maximum absolute atomic E-state index is 12.2. The summed E-state index contributed by atoms with van der Waals surface area (Å²) < 4.78 is 22.4. The van der Waals surface area contributed by atoms with Crippen LogP contribution < -0.4 is 5.32 Å².